The third-order valence-electron chi connectivity index (χ3n) is 4.51. The largest absolute Gasteiger partial charge is 0.493 e. The molecule has 0 aromatic heterocycles. The Labute approximate surface area is 170 Å². The lowest BCUT2D eigenvalue weighted by Crippen LogP contribution is -2.05. The highest BCUT2D eigenvalue weighted by Gasteiger charge is 2.24. The van der Waals surface area contributed by atoms with Crippen molar-refractivity contribution in [2.24, 2.45) is 4.99 Å². The van der Waals surface area contributed by atoms with Crippen LogP contribution in [0.25, 0.3) is 6.08 Å². The van der Waals surface area contributed by atoms with E-state index in [1.165, 1.54) is 12.8 Å². The van der Waals surface area contributed by atoms with E-state index >= 15 is 0 Å². The van der Waals surface area contributed by atoms with Gasteiger partial charge in [-0.15, -0.1) is 0 Å². The number of para-hydroxylation sites is 1. The van der Waals surface area contributed by atoms with Crippen molar-refractivity contribution in [2.75, 3.05) is 6.61 Å². The molecular weight excluding hydrogens is 374 g/mol. The number of aryl methyl sites for hydroxylation is 1. The van der Waals surface area contributed by atoms with Gasteiger partial charge >= 0.3 is 5.97 Å². The predicted octanol–water partition coefficient (Wildman–Crippen LogP) is 5.95. The van der Waals surface area contributed by atoms with Crippen molar-refractivity contribution < 1.29 is 14.3 Å². The molecule has 0 amide bonds. The Morgan fingerprint density at radius 2 is 1.96 bits per heavy atom. The van der Waals surface area contributed by atoms with Crippen LogP contribution in [-0.2, 0) is 9.53 Å². The first-order valence-electron chi connectivity index (χ1n) is 9.59. The van der Waals surface area contributed by atoms with Gasteiger partial charge in [0.1, 0.15) is 5.75 Å². The van der Waals surface area contributed by atoms with Gasteiger partial charge in [-0.05, 0) is 43.2 Å². The number of halogens is 1. The highest BCUT2D eigenvalue weighted by atomic mass is 35.5. The Balaban J connectivity index is 1.78. The van der Waals surface area contributed by atoms with E-state index in [4.69, 9.17) is 21.1 Å². The number of benzene rings is 2. The Bertz CT molecular complexity index is 918. The van der Waals surface area contributed by atoms with Crippen LogP contribution in [-0.4, -0.2) is 18.5 Å². The van der Waals surface area contributed by atoms with Crippen molar-refractivity contribution in [1.29, 1.82) is 0 Å². The summed E-state index contributed by atoms with van der Waals surface area (Å²) in [5, 5.41) is 0.607. The van der Waals surface area contributed by atoms with E-state index in [0.29, 0.717) is 17.2 Å². The molecule has 0 spiro atoms. The van der Waals surface area contributed by atoms with Crippen molar-refractivity contribution in [1.82, 2.24) is 0 Å². The lowest BCUT2D eigenvalue weighted by atomic mass is 10.1. The summed E-state index contributed by atoms with van der Waals surface area (Å²) in [6.07, 6.45) is 6.27. The molecule has 0 N–H and O–H groups in total. The van der Waals surface area contributed by atoms with Crippen molar-refractivity contribution >= 4 is 29.5 Å². The second kappa shape index (κ2) is 9.56. The number of ether oxygens (including phenoxy) is 2. The molecule has 4 nitrogen and oxygen atoms in total. The molecule has 0 radical (unpaired) electrons. The molecular formula is C23H24ClNO3. The van der Waals surface area contributed by atoms with Crippen LogP contribution in [0, 0.1) is 6.92 Å². The van der Waals surface area contributed by atoms with E-state index in [0.717, 1.165) is 29.7 Å². The molecule has 5 heteroatoms. The van der Waals surface area contributed by atoms with Gasteiger partial charge in [0.25, 0.3) is 0 Å². The summed E-state index contributed by atoms with van der Waals surface area (Å²) in [7, 11) is 0. The zero-order valence-corrected chi connectivity index (χ0v) is 17.0. The summed E-state index contributed by atoms with van der Waals surface area (Å²) >= 11 is 6.17. The van der Waals surface area contributed by atoms with Gasteiger partial charge in [0, 0.05) is 16.1 Å². The Kier molecular flexibility index (Phi) is 6.88. The van der Waals surface area contributed by atoms with Crippen LogP contribution >= 0.6 is 11.6 Å². The van der Waals surface area contributed by atoms with Crippen molar-refractivity contribution in [2.45, 2.75) is 39.5 Å². The molecule has 1 aliphatic heterocycles. The highest BCUT2D eigenvalue weighted by Crippen LogP contribution is 2.26. The Morgan fingerprint density at radius 1 is 1.14 bits per heavy atom. The topological polar surface area (TPSA) is 47.9 Å². The van der Waals surface area contributed by atoms with Crippen molar-refractivity contribution in [3.8, 4) is 5.75 Å². The molecule has 0 unspecified atom stereocenters. The van der Waals surface area contributed by atoms with E-state index in [2.05, 4.69) is 11.9 Å². The molecule has 1 aliphatic rings. The van der Waals surface area contributed by atoms with E-state index in [1.807, 2.05) is 43.3 Å². The third-order valence-corrected chi connectivity index (χ3v) is 4.91. The number of carbonyl (C=O) groups excluding carboxylic acids is 1. The van der Waals surface area contributed by atoms with Crippen LogP contribution in [0.3, 0.4) is 0 Å². The number of esters is 1. The maximum atomic E-state index is 12.3. The van der Waals surface area contributed by atoms with Crippen LogP contribution in [0.2, 0.25) is 5.02 Å². The zero-order chi connectivity index (χ0) is 19.9. The standard InChI is InChI=1S/C23H24ClNO3/c1-3-4-5-8-13-27-21-10-7-6-9-17(21)15-20-23(26)28-22(25-20)18-12-11-16(2)19(24)14-18/h6-7,9-12,14-15H,3-5,8,13H2,1-2H3/b20-15-. The predicted molar refractivity (Wildman–Crippen MR) is 113 cm³/mol. The number of cyclic esters (lactones) is 1. The number of carbonyl (C=O) groups is 1. The first-order chi connectivity index (χ1) is 13.6. The van der Waals surface area contributed by atoms with Crippen LogP contribution in [0.5, 0.6) is 5.75 Å². The number of nitrogens with zero attached hydrogens (tertiary/aromatic N) is 1. The van der Waals surface area contributed by atoms with Gasteiger partial charge < -0.3 is 9.47 Å². The quantitative estimate of drug-likeness (QED) is 0.314. The second-order valence-electron chi connectivity index (χ2n) is 6.75. The number of hydrogen-bond donors (Lipinski definition) is 0. The number of rotatable bonds is 8. The first-order valence-corrected chi connectivity index (χ1v) is 9.97. The van der Waals surface area contributed by atoms with Crippen LogP contribution in [0.1, 0.15) is 49.3 Å². The molecule has 1 heterocycles. The molecule has 28 heavy (non-hydrogen) atoms. The lowest BCUT2D eigenvalue weighted by Gasteiger charge is -2.09. The maximum absolute atomic E-state index is 12.3. The number of aliphatic imine (C=N–C) groups is 1. The SMILES string of the molecule is CCCCCCOc1ccccc1/C=C1\N=C(c2ccc(C)c(Cl)c2)OC1=O. The normalized spacial score (nSPS) is 14.9. The van der Waals surface area contributed by atoms with Gasteiger partial charge in [-0.1, -0.05) is 62.1 Å². The van der Waals surface area contributed by atoms with Crippen LogP contribution in [0.4, 0.5) is 0 Å². The van der Waals surface area contributed by atoms with Crippen LogP contribution < -0.4 is 4.74 Å². The number of unbranched alkanes of at least 4 members (excludes halogenated alkanes) is 3. The summed E-state index contributed by atoms with van der Waals surface area (Å²) in [4.78, 5) is 16.6. The Morgan fingerprint density at radius 3 is 2.75 bits per heavy atom. The molecule has 3 rings (SSSR count). The minimum Gasteiger partial charge on any atom is -0.493 e. The van der Waals surface area contributed by atoms with E-state index < -0.39 is 5.97 Å². The van der Waals surface area contributed by atoms with Crippen LogP contribution in [0.15, 0.2) is 53.2 Å². The van der Waals surface area contributed by atoms with E-state index in [1.54, 1.807) is 12.1 Å². The summed E-state index contributed by atoms with van der Waals surface area (Å²) < 4.78 is 11.2. The molecule has 0 saturated carbocycles. The zero-order valence-electron chi connectivity index (χ0n) is 16.2. The minimum atomic E-state index is -0.482. The average molecular weight is 398 g/mol. The maximum Gasteiger partial charge on any atom is 0.363 e. The number of hydrogen-bond acceptors (Lipinski definition) is 4. The molecule has 0 fully saturated rings. The average Bonchev–Trinajstić information content (AvgIpc) is 3.05. The second-order valence-corrected chi connectivity index (χ2v) is 7.15. The molecule has 0 aliphatic carbocycles. The molecule has 0 bridgehead atoms. The summed E-state index contributed by atoms with van der Waals surface area (Å²) in [6, 6.07) is 13.1. The van der Waals surface area contributed by atoms with Crippen molar-refractivity contribution in [3.05, 3.63) is 69.9 Å². The van der Waals surface area contributed by atoms with Gasteiger partial charge in [-0.2, -0.15) is 0 Å². The van der Waals surface area contributed by atoms with Gasteiger partial charge in [-0.25, -0.2) is 9.79 Å². The van der Waals surface area contributed by atoms with Gasteiger partial charge in [-0.3, -0.25) is 0 Å². The lowest BCUT2D eigenvalue weighted by molar-refractivity contribution is -0.129. The monoisotopic (exact) mass is 397 g/mol. The van der Waals surface area contributed by atoms with E-state index in [9.17, 15) is 4.79 Å². The molecule has 2 aromatic rings. The fourth-order valence-corrected chi connectivity index (χ4v) is 3.03. The smallest absolute Gasteiger partial charge is 0.363 e. The Hall–Kier alpha value is -2.59. The fraction of sp³-hybridized carbons (Fsp3) is 0.304. The highest BCUT2D eigenvalue weighted by molar-refractivity contribution is 6.31. The fourth-order valence-electron chi connectivity index (χ4n) is 2.85. The first kappa shape index (κ1) is 20.2. The summed E-state index contributed by atoms with van der Waals surface area (Å²) in [6.45, 7) is 4.75. The van der Waals surface area contributed by atoms with Gasteiger partial charge in [0.2, 0.25) is 5.90 Å². The molecule has 146 valence electrons. The van der Waals surface area contributed by atoms with Crippen molar-refractivity contribution in [3.63, 3.8) is 0 Å². The minimum absolute atomic E-state index is 0.244. The van der Waals surface area contributed by atoms with Gasteiger partial charge in [0.15, 0.2) is 5.70 Å². The molecule has 0 saturated heterocycles. The molecule has 0 atom stereocenters. The third kappa shape index (κ3) is 5.02. The summed E-state index contributed by atoms with van der Waals surface area (Å²) in [5.41, 5.74) is 2.68. The molecule has 2 aromatic carbocycles. The summed E-state index contributed by atoms with van der Waals surface area (Å²) in [5.74, 6) is 0.516. The van der Waals surface area contributed by atoms with Gasteiger partial charge in [0.05, 0.1) is 6.61 Å². The van der Waals surface area contributed by atoms with E-state index in [-0.39, 0.29) is 11.6 Å².